The molecule has 1 aromatic rings. The van der Waals surface area contributed by atoms with Crippen LogP contribution in [0.3, 0.4) is 0 Å². The van der Waals surface area contributed by atoms with Crippen molar-refractivity contribution in [2.75, 3.05) is 26.4 Å². The van der Waals surface area contributed by atoms with Crippen LogP contribution < -0.4 is 10.5 Å². The zero-order valence-electron chi connectivity index (χ0n) is 10.6. The van der Waals surface area contributed by atoms with E-state index in [1.54, 1.807) is 0 Å². The largest absolute Gasteiger partial charge is 0.494 e. The molecule has 100 valence electrons. The molecule has 0 saturated carbocycles. The summed E-state index contributed by atoms with van der Waals surface area (Å²) in [6.07, 6.45) is 2.99. The molecule has 1 aliphatic rings. The van der Waals surface area contributed by atoms with Crippen LogP contribution >= 0.6 is 0 Å². The highest BCUT2D eigenvalue weighted by Crippen LogP contribution is 2.26. The summed E-state index contributed by atoms with van der Waals surface area (Å²) in [7, 11) is 0. The first-order chi connectivity index (χ1) is 8.90. The van der Waals surface area contributed by atoms with E-state index in [2.05, 4.69) is 0 Å². The predicted molar refractivity (Wildman–Crippen MR) is 69.5 cm³/mol. The van der Waals surface area contributed by atoms with Crippen molar-refractivity contribution in [3.8, 4) is 5.75 Å². The molecular formula is C14H21NO3. The van der Waals surface area contributed by atoms with Crippen LogP contribution in [-0.2, 0) is 9.47 Å². The van der Waals surface area contributed by atoms with Crippen LogP contribution in [0.2, 0.25) is 0 Å². The summed E-state index contributed by atoms with van der Waals surface area (Å²) < 4.78 is 16.6. The molecule has 1 saturated heterocycles. The Morgan fingerprint density at radius 1 is 1.17 bits per heavy atom. The first-order valence-electron chi connectivity index (χ1n) is 6.56. The molecule has 0 radical (unpaired) electrons. The van der Waals surface area contributed by atoms with E-state index in [1.807, 2.05) is 24.3 Å². The molecule has 0 spiro atoms. The summed E-state index contributed by atoms with van der Waals surface area (Å²) in [5.74, 6) is 0.874. The van der Waals surface area contributed by atoms with Crippen LogP contribution in [-0.4, -0.2) is 26.4 Å². The fraction of sp³-hybridized carbons (Fsp3) is 0.571. The Balaban J connectivity index is 1.79. The molecule has 0 bridgehead atoms. The van der Waals surface area contributed by atoms with Crippen molar-refractivity contribution in [2.45, 2.75) is 25.6 Å². The molecule has 0 aliphatic carbocycles. The third kappa shape index (κ3) is 3.98. The van der Waals surface area contributed by atoms with Gasteiger partial charge in [-0.2, -0.15) is 0 Å². The molecule has 0 unspecified atom stereocenters. The number of rotatable bonds is 7. The maximum Gasteiger partial charge on any atom is 0.184 e. The molecule has 1 aliphatic heterocycles. The Hall–Kier alpha value is -1.10. The topological polar surface area (TPSA) is 53.7 Å². The van der Waals surface area contributed by atoms with Gasteiger partial charge in [0.2, 0.25) is 0 Å². The van der Waals surface area contributed by atoms with Crippen molar-refractivity contribution >= 4 is 0 Å². The van der Waals surface area contributed by atoms with Gasteiger partial charge in [-0.1, -0.05) is 12.1 Å². The molecule has 1 fully saturated rings. The molecule has 0 amide bonds. The first-order valence-corrected chi connectivity index (χ1v) is 6.56. The summed E-state index contributed by atoms with van der Waals surface area (Å²) >= 11 is 0. The van der Waals surface area contributed by atoms with Crippen molar-refractivity contribution in [3.05, 3.63) is 29.8 Å². The Kier molecular flexibility index (Phi) is 5.45. The van der Waals surface area contributed by atoms with Gasteiger partial charge in [0.25, 0.3) is 0 Å². The number of unbranched alkanes of at least 4 members (excludes halogenated alkanes) is 2. The zero-order valence-corrected chi connectivity index (χ0v) is 10.6. The van der Waals surface area contributed by atoms with Crippen molar-refractivity contribution in [3.63, 3.8) is 0 Å². The predicted octanol–water partition coefficient (Wildman–Crippen LogP) is 2.24. The minimum absolute atomic E-state index is 0.231. The second kappa shape index (κ2) is 7.36. The lowest BCUT2D eigenvalue weighted by Gasteiger charge is -2.11. The lowest BCUT2D eigenvalue weighted by Crippen LogP contribution is -2.02. The van der Waals surface area contributed by atoms with Gasteiger partial charge in [-0.25, -0.2) is 0 Å². The summed E-state index contributed by atoms with van der Waals surface area (Å²) in [6.45, 7) is 2.81. The Bertz CT molecular complexity index is 351. The molecule has 2 N–H and O–H groups in total. The maximum atomic E-state index is 5.70. The third-order valence-electron chi connectivity index (χ3n) is 2.87. The molecule has 1 aromatic carbocycles. The van der Waals surface area contributed by atoms with Crippen molar-refractivity contribution in [2.24, 2.45) is 5.73 Å². The highest BCUT2D eigenvalue weighted by molar-refractivity contribution is 5.29. The monoisotopic (exact) mass is 251 g/mol. The van der Waals surface area contributed by atoms with E-state index in [-0.39, 0.29) is 6.29 Å². The van der Waals surface area contributed by atoms with E-state index in [4.69, 9.17) is 19.9 Å². The molecule has 18 heavy (non-hydrogen) atoms. The van der Waals surface area contributed by atoms with Gasteiger partial charge in [-0.05, 0) is 37.9 Å². The molecule has 0 atom stereocenters. The van der Waals surface area contributed by atoms with Crippen molar-refractivity contribution in [1.82, 2.24) is 0 Å². The lowest BCUT2D eigenvalue weighted by molar-refractivity contribution is -0.0442. The molecular weight excluding hydrogens is 230 g/mol. The molecule has 2 rings (SSSR count). The number of hydrogen-bond acceptors (Lipinski definition) is 4. The Labute approximate surface area is 108 Å². The van der Waals surface area contributed by atoms with Crippen LogP contribution in [0.5, 0.6) is 5.75 Å². The van der Waals surface area contributed by atoms with E-state index >= 15 is 0 Å². The minimum atomic E-state index is -0.231. The SMILES string of the molecule is NCCCCCOc1cccc(C2OCCO2)c1. The van der Waals surface area contributed by atoms with Crippen molar-refractivity contribution < 1.29 is 14.2 Å². The molecule has 1 heterocycles. The molecule has 4 heteroatoms. The van der Waals surface area contributed by atoms with Crippen molar-refractivity contribution in [1.29, 1.82) is 0 Å². The van der Waals surface area contributed by atoms with Crippen LogP contribution in [0, 0.1) is 0 Å². The molecule has 0 aromatic heterocycles. The lowest BCUT2D eigenvalue weighted by atomic mass is 10.2. The van der Waals surface area contributed by atoms with E-state index in [1.165, 1.54) is 0 Å². The van der Waals surface area contributed by atoms with Gasteiger partial charge in [-0.3, -0.25) is 0 Å². The number of nitrogens with two attached hydrogens (primary N) is 1. The minimum Gasteiger partial charge on any atom is -0.494 e. The van der Waals surface area contributed by atoms with Crippen LogP contribution in [0.1, 0.15) is 31.1 Å². The second-order valence-electron chi connectivity index (χ2n) is 4.34. The van der Waals surface area contributed by atoms with Gasteiger partial charge in [0, 0.05) is 5.56 Å². The van der Waals surface area contributed by atoms with Gasteiger partial charge in [0.1, 0.15) is 5.75 Å². The third-order valence-corrected chi connectivity index (χ3v) is 2.87. The highest BCUT2D eigenvalue weighted by atomic mass is 16.7. The normalized spacial score (nSPS) is 16.1. The zero-order chi connectivity index (χ0) is 12.6. The van der Waals surface area contributed by atoms with E-state index < -0.39 is 0 Å². The highest BCUT2D eigenvalue weighted by Gasteiger charge is 2.18. The quantitative estimate of drug-likeness (QED) is 0.755. The first kappa shape index (κ1) is 13.3. The Morgan fingerprint density at radius 3 is 2.78 bits per heavy atom. The van der Waals surface area contributed by atoms with E-state index in [0.29, 0.717) is 13.2 Å². The number of hydrogen-bond donors (Lipinski definition) is 1. The van der Waals surface area contributed by atoms with Crippen LogP contribution in [0.4, 0.5) is 0 Å². The van der Waals surface area contributed by atoms with Gasteiger partial charge < -0.3 is 19.9 Å². The summed E-state index contributed by atoms with van der Waals surface area (Å²) in [6, 6.07) is 7.91. The smallest absolute Gasteiger partial charge is 0.184 e. The van der Waals surface area contributed by atoms with Gasteiger partial charge in [0.15, 0.2) is 6.29 Å². The number of benzene rings is 1. The maximum absolute atomic E-state index is 5.70. The standard InChI is InChI=1S/C14H21NO3/c15-7-2-1-3-8-16-13-6-4-5-12(11-13)14-17-9-10-18-14/h4-6,11,14H,1-3,7-10,15H2. The van der Waals surface area contributed by atoms with Gasteiger partial charge in [0.05, 0.1) is 19.8 Å². The summed E-state index contributed by atoms with van der Waals surface area (Å²) in [4.78, 5) is 0. The summed E-state index contributed by atoms with van der Waals surface area (Å²) in [5, 5.41) is 0. The second-order valence-corrected chi connectivity index (χ2v) is 4.34. The van der Waals surface area contributed by atoms with Crippen LogP contribution in [0.15, 0.2) is 24.3 Å². The van der Waals surface area contributed by atoms with Gasteiger partial charge in [-0.15, -0.1) is 0 Å². The average Bonchev–Trinajstić information content (AvgIpc) is 2.93. The Morgan fingerprint density at radius 2 is 2.00 bits per heavy atom. The fourth-order valence-electron chi connectivity index (χ4n) is 1.92. The summed E-state index contributed by atoms with van der Waals surface area (Å²) in [5.41, 5.74) is 6.46. The van der Waals surface area contributed by atoms with E-state index in [9.17, 15) is 0 Å². The fourth-order valence-corrected chi connectivity index (χ4v) is 1.92. The number of ether oxygens (including phenoxy) is 3. The van der Waals surface area contributed by atoms with E-state index in [0.717, 1.165) is 43.7 Å². The van der Waals surface area contributed by atoms with Gasteiger partial charge >= 0.3 is 0 Å². The molecule has 4 nitrogen and oxygen atoms in total. The average molecular weight is 251 g/mol. The van der Waals surface area contributed by atoms with Crippen LogP contribution in [0.25, 0.3) is 0 Å².